The zero-order valence-corrected chi connectivity index (χ0v) is 12.3. The Morgan fingerprint density at radius 2 is 2.00 bits per heavy atom. The van der Waals surface area contributed by atoms with Crippen molar-refractivity contribution in [3.63, 3.8) is 0 Å². The Hall–Kier alpha value is -2.11. The molecule has 0 radical (unpaired) electrons. The molecule has 0 saturated carbocycles. The van der Waals surface area contributed by atoms with Crippen molar-refractivity contribution < 1.29 is 9.18 Å². The van der Waals surface area contributed by atoms with Crippen molar-refractivity contribution >= 4 is 50.3 Å². The molecular formula is C15H10ClFN2OS. The van der Waals surface area contributed by atoms with Crippen LogP contribution < -0.4 is 11.1 Å². The summed E-state index contributed by atoms with van der Waals surface area (Å²) in [5.41, 5.74) is 6.77. The van der Waals surface area contributed by atoms with Gasteiger partial charge < -0.3 is 11.1 Å². The minimum absolute atomic E-state index is 0.00868. The monoisotopic (exact) mass is 320 g/mol. The van der Waals surface area contributed by atoms with E-state index in [1.54, 1.807) is 0 Å². The maximum Gasteiger partial charge on any atom is 0.267 e. The molecule has 6 heteroatoms. The lowest BCUT2D eigenvalue weighted by Gasteiger charge is -2.05. The highest BCUT2D eigenvalue weighted by molar-refractivity contribution is 7.21. The number of fused-ring (bicyclic) bond motifs is 1. The number of nitrogens with one attached hydrogen (secondary N) is 1. The van der Waals surface area contributed by atoms with E-state index in [0.717, 1.165) is 10.1 Å². The molecule has 0 spiro atoms. The number of carbonyl (C=O) groups is 1. The number of amides is 1. The van der Waals surface area contributed by atoms with Crippen molar-refractivity contribution in [1.82, 2.24) is 0 Å². The van der Waals surface area contributed by atoms with Crippen LogP contribution in [0.4, 0.5) is 15.8 Å². The number of hydrogen-bond donors (Lipinski definition) is 2. The molecular weight excluding hydrogens is 311 g/mol. The van der Waals surface area contributed by atoms with Crippen LogP contribution >= 0.6 is 22.9 Å². The molecule has 1 amide bonds. The Balaban J connectivity index is 1.93. The van der Waals surface area contributed by atoms with Gasteiger partial charge in [0.05, 0.1) is 10.7 Å². The zero-order chi connectivity index (χ0) is 15.0. The molecule has 0 aliphatic carbocycles. The van der Waals surface area contributed by atoms with E-state index in [0.29, 0.717) is 16.3 Å². The lowest BCUT2D eigenvalue weighted by atomic mass is 10.2. The van der Waals surface area contributed by atoms with E-state index < -0.39 is 5.82 Å². The number of halogens is 2. The third-order valence-electron chi connectivity index (χ3n) is 3.02. The van der Waals surface area contributed by atoms with Crippen LogP contribution in [0.2, 0.25) is 5.02 Å². The highest BCUT2D eigenvalue weighted by Gasteiger charge is 2.16. The Kier molecular flexibility index (Phi) is 3.53. The van der Waals surface area contributed by atoms with Gasteiger partial charge in [-0.1, -0.05) is 29.8 Å². The molecule has 2 aromatic carbocycles. The van der Waals surface area contributed by atoms with Crippen LogP contribution in [0.5, 0.6) is 0 Å². The third-order valence-corrected chi connectivity index (χ3v) is 4.51. The average molecular weight is 321 g/mol. The van der Waals surface area contributed by atoms with E-state index in [-0.39, 0.29) is 10.9 Å². The van der Waals surface area contributed by atoms with Crippen LogP contribution in [0.25, 0.3) is 10.1 Å². The van der Waals surface area contributed by atoms with E-state index in [1.807, 2.05) is 24.3 Å². The van der Waals surface area contributed by atoms with Gasteiger partial charge in [0.15, 0.2) is 0 Å². The molecule has 0 unspecified atom stereocenters. The van der Waals surface area contributed by atoms with E-state index in [9.17, 15) is 9.18 Å². The first-order chi connectivity index (χ1) is 10.1. The predicted molar refractivity (Wildman–Crippen MR) is 85.6 cm³/mol. The van der Waals surface area contributed by atoms with Crippen molar-refractivity contribution in [1.29, 1.82) is 0 Å². The summed E-state index contributed by atoms with van der Waals surface area (Å²) in [6.07, 6.45) is 0. The molecule has 3 aromatic rings. The summed E-state index contributed by atoms with van der Waals surface area (Å²) in [4.78, 5) is 12.7. The first-order valence-electron chi connectivity index (χ1n) is 6.09. The van der Waals surface area contributed by atoms with Gasteiger partial charge >= 0.3 is 0 Å². The molecule has 0 aliphatic heterocycles. The molecule has 0 aliphatic rings. The minimum Gasteiger partial charge on any atom is -0.397 e. The van der Waals surface area contributed by atoms with Crippen molar-refractivity contribution in [2.24, 2.45) is 0 Å². The van der Waals surface area contributed by atoms with Gasteiger partial charge in [0, 0.05) is 15.8 Å². The summed E-state index contributed by atoms with van der Waals surface area (Å²) in [7, 11) is 0. The molecule has 21 heavy (non-hydrogen) atoms. The average Bonchev–Trinajstić information content (AvgIpc) is 2.81. The molecule has 1 heterocycles. The zero-order valence-electron chi connectivity index (χ0n) is 10.7. The number of rotatable bonds is 2. The van der Waals surface area contributed by atoms with E-state index in [1.165, 1.54) is 29.5 Å². The third kappa shape index (κ3) is 2.57. The molecule has 1 aromatic heterocycles. The number of carbonyl (C=O) groups excluding carboxylic acids is 1. The van der Waals surface area contributed by atoms with Gasteiger partial charge in [-0.3, -0.25) is 4.79 Å². The first kappa shape index (κ1) is 13.9. The Labute approximate surface area is 129 Å². The fourth-order valence-electron chi connectivity index (χ4n) is 2.00. The summed E-state index contributed by atoms with van der Waals surface area (Å²) in [5, 5.41) is 3.47. The fraction of sp³-hybridized carbons (Fsp3) is 0. The normalized spacial score (nSPS) is 10.8. The second-order valence-electron chi connectivity index (χ2n) is 4.42. The summed E-state index contributed by atoms with van der Waals surface area (Å²) < 4.78 is 14.3. The van der Waals surface area contributed by atoms with Crippen LogP contribution in [-0.2, 0) is 0 Å². The topological polar surface area (TPSA) is 55.1 Å². The Bertz CT molecular complexity index is 847. The van der Waals surface area contributed by atoms with Gasteiger partial charge in [0.25, 0.3) is 5.91 Å². The van der Waals surface area contributed by atoms with Crippen molar-refractivity contribution in [2.45, 2.75) is 0 Å². The second kappa shape index (κ2) is 5.35. The lowest BCUT2D eigenvalue weighted by Crippen LogP contribution is -2.12. The number of nitrogen functional groups attached to an aromatic ring is 1. The first-order valence-corrected chi connectivity index (χ1v) is 7.29. The van der Waals surface area contributed by atoms with Crippen LogP contribution in [0.3, 0.4) is 0 Å². The number of hydrogen-bond acceptors (Lipinski definition) is 3. The van der Waals surface area contributed by atoms with Crippen molar-refractivity contribution in [2.75, 3.05) is 11.1 Å². The van der Waals surface area contributed by atoms with Crippen LogP contribution in [0.1, 0.15) is 9.67 Å². The van der Waals surface area contributed by atoms with Gasteiger partial charge in [-0.25, -0.2) is 4.39 Å². The minimum atomic E-state index is -0.584. The molecule has 3 rings (SSSR count). The smallest absolute Gasteiger partial charge is 0.267 e. The Morgan fingerprint density at radius 1 is 1.24 bits per heavy atom. The number of benzene rings is 2. The maximum absolute atomic E-state index is 13.4. The van der Waals surface area contributed by atoms with Gasteiger partial charge in [-0.2, -0.15) is 0 Å². The van der Waals surface area contributed by atoms with Gasteiger partial charge in [0.1, 0.15) is 10.7 Å². The van der Waals surface area contributed by atoms with E-state index in [2.05, 4.69) is 5.32 Å². The number of thiophene rings is 1. The van der Waals surface area contributed by atoms with E-state index in [4.69, 9.17) is 17.3 Å². The quantitative estimate of drug-likeness (QED) is 0.729. The summed E-state index contributed by atoms with van der Waals surface area (Å²) in [6.45, 7) is 0. The second-order valence-corrected chi connectivity index (χ2v) is 5.88. The molecule has 0 bridgehead atoms. The maximum atomic E-state index is 13.4. The molecule has 3 N–H and O–H groups in total. The predicted octanol–water partition coefficient (Wildman–Crippen LogP) is 4.53. The summed E-state index contributed by atoms with van der Waals surface area (Å²) >= 11 is 6.91. The van der Waals surface area contributed by atoms with Crippen LogP contribution in [0.15, 0.2) is 42.5 Å². The highest BCUT2D eigenvalue weighted by Crippen LogP contribution is 2.33. The van der Waals surface area contributed by atoms with Crippen molar-refractivity contribution in [3.8, 4) is 0 Å². The fourth-order valence-corrected chi connectivity index (χ4v) is 3.13. The number of nitrogens with two attached hydrogens (primary N) is 1. The SMILES string of the molecule is Nc1c(C(=O)Nc2ccc(Cl)c(F)c2)sc2ccccc12. The van der Waals surface area contributed by atoms with Gasteiger partial charge in [0.2, 0.25) is 0 Å². The molecule has 106 valence electrons. The van der Waals surface area contributed by atoms with Crippen LogP contribution in [0, 0.1) is 5.82 Å². The van der Waals surface area contributed by atoms with E-state index >= 15 is 0 Å². The molecule has 0 fully saturated rings. The number of anilines is 2. The molecule has 0 atom stereocenters. The molecule has 3 nitrogen and oxygen atoms in total. The summed E-state index contributed by atoms with van der Waals surface area (Å²) in [5.74, 6) is -0.950. The van der Waals surface area contributed by atoms with Crippen molar-refractivity contribution in [3.05, 3.63) is 58.2 Å². The summed E-state index contributed by atoms with van der Waals surface area (Å²) in [6, 6.07) is 11.6. The van der Waals surface area contributed by atoms with Gasteiger partial charge in [-0.15, -0.1) is 11.3 Å². The van der Waals surface area contributed by atoms with Crippen LogP contribution in [-0.4, -0.2) is 5.91 Å². The highest BCUT2D eigenvalue weighted by atomic mass is 35.5. The largest absolute Gasteiger partial charge is 0.397 e. The van der Waals surface area contributed by atoms with Gasteiger partial charge in [-0.05, 0) is 24.3 Å². The Morgan fingerprint density at radius 3 is 2.71 bits per heavy atom. The molecule has 0 saturated heterocycles. The lowest BCUT2D eigenvalue weighted by molar-refractivity contribution is 0.103. The standard InChI is InChI=1S/C15H10ClFN2OS/c16-10-6-5-8(7-11(10)17)19-15(20)14-13(18)9-3-1-2-4-12(9)21-14/h1-7H,18H2,(H,19,20).